The van der Waals surface area contributed by atoms with Crippen LogP contribution in [0.15, 0.2) is 0 Å². The number of carbonyl (C=O) groups is 10. The lowest BCUT2D eigenvalue weighted by atomic mass is 10.0. The summed E-state index contributed by atoms with van der Waals surface area (Å²) in [5, 5.41) is 41.2. The molecule has 0 fully saturated rings. The van der Waals surface area contributed by atoms with Crippen molar-refractivity contribution in [1.82, 2.24) is 31.9 Å². The molecule has 0 saturated carbocycles. The van der Waals surface area contributed by atoms with Crippen molar-refractivity contribution in [3.63, 3.8) is 0 Å². The number of amides is 8. The van der Waals surface area contributed by atoms with E-state index in [1.54, 1.807) is 6.26 Å². The Bertz CT molecular complexity index is 1320. The summed E-state index contributed by atoms with van der Waals surface area (Å²) in [6, 6.07) is -9.04. The van der Waals surface area contributed by atoms with Gasteiger partial charge in [-0.2, -0.15) is 11.8 Å². The topological polar surface area (TPSA) is 382 Å². The van der Waals surface area contributed by atoms with E-state index in [0.717, 1.165) is 0 Å². The van der Waals surface area contributed by atoms with Crippen LogP contribution in [0.3, 0.4) is 0 Å². The number of aliphatic hydroxyl groups is 1. The van der Waals surface area contributed by atoms with Crippen molar-refractivity contribution < 1.29 is 63.3 Å². The van der Waals surface area contributed by atoms with Gasteiger partial charge in [0.15, 0.2) is 0 Å². The fraction of sp³-hybridized carbons (Fsp3) is 0.655. The Morgan fingerprint density at radius 2 is 1.17 bits per heavy atom. The van der Waals surface area contributed by atoms with Crippen molar-refractivity contribution in [2.75, 3.05) is 25.2 Å². The first-order valence-corrected chi connectivity index (χ1v) is 17.3. The second-order valence-electron chi connectivity index (χ2n) is 11.9. The number of nitrogens with one attached hydrogen (secondary N) is 6. The molecule has 8 amide bonds. The molecular weight excluding hydrogens is 714 g/mol. The predicted molar refractivity (Wildman–Crippen MR) is 182 cm³/mol. The number of aliphatic carboxylic acids is 2. The van der Waals surface area contributed by atoms with Gasteiger partial charge in [-0.05, 0) is 37.2 Å². The number of aliphatic hydroxyl groups excluding tert-OH is 1. The Morgan fingerprint density at radius 1 is 0.654 bits per heavy atom. The van der Waals surface area contributed by atoms with Gasteiger partial charge in [0.1, 0.15) is 30.2 Å². The molecule has 0 aliphatic heterocycles. The average molecular weight is 764 g/mol. The first kappa shape index (κ1) is 47.0. The highest BCUT2D eigenvalue weighted by molar-refractivity contribution is 7.98. The maximum atomic E-state index is 13.1. The summed E-state index contributed by atoms with van der Waals surface area (Å²) in [6.07, 6.45) is -0.556. The van der Waals surface area contributed by atoms with E-state index in [2.05, 4.69) is 26.6 Å². The van der Waals surface area contributed by atoms with Gasteiger partial charge < -0.3 is 64.4 Å². The van der Waals surface area contributed by atoms with Crippen LogP contribution in [0, 0.1) is 5.92 Å². The maximum absolute atomic E-state index is 13.1. The number of rotatable bonds is 26. The molecule has 0 saturated heterocycles. The van der Waals surface area contributed by atoms with Crippen LogP contribution < -0.4 is 49.1 Å². The minimum Gasteiger partial charge on any atom is -0.481 e. The summed E-state index contributed by atoms with van der Waals surface area (Å²) in [4.78, 5) is 122. The van der Waals surface area contributed by atoms with Gasteiger partial charge in [-0.1, -0.05) is 13.8 Å². The highest BCUT2D eigenvalue weighted by atomic mass is 32.2. The van der Waals surface area contributed by atoms with Crippen LogP contribution in [0.2, 0.25) is 0 Å². The standard InChI is InChI=1S/C29H49N9O13S/c1-13(2)8-14(30)24(45)36-17(9-21(32)41)27(48)38-19(12-39)28(49)35-16(6-7-52-3)25(46)33-11-22(42)34-15(4-5-20(31)40)26(47)37-18(29(50)51)10-23(43)44/h13-19,39H,4-12,30H2,1-3H3,(H2,31,40)(H2,32,41)(H,33,46)(H,34,42)(H,35,49)(H,36,45)(H,37,47)(H,38,48)(H,43,44)(H,50,51)/t14-,15-,16-,17-,18-,19-/m0/s1. The van der Waals surface area contributed by atoms with E-state index >= 15 is 0 Å². The molecule has 294 valence electrons. The fourth-order valence-electron chi connectivity index (χ4n) is 4.29. The Morgan fingerprint density at radius 3 is 1.67 bits per heavy atom. The second kappa shape index (κ2) is 24.2. The van der Waals surface area contributed by atoms with Gasteiger partial charge in [0.25, 0.3) is 0 Å². The Kier molecular flexibility index (Phi) is 21.9. The van der Waals surface area contributed by atoms with Crippen molar-refractivity contribution in [3.8, 4) is 0 Å². The van der Waals surface area contributed by atoms with E-state index in [9.17, 15) is 58.2 Å². The molecule has 0 spiro atoms. The van der Waals surface area contributed by atoms with Gasteiger partial charge in [-0.25, -0.2) is 4.79 Å². The lowest BCUT2D eigenvalue weighted by Gasteiger charge is -2.25. The summed E-state index contributed by atoms with van der Waals surface area (Å²) in [7, 11) is 0. The van der Waals surface area contributed by atoms with E-state index < -0.39 is 134 Å². The Hall–Kier alpha value is -5.03. The molecule has 0 heterocycles. The van der Waals surface area contributed by atoms with Gasteiger partial charge in [-0.3, -0.25) is 43.2 Å². The smallest absolute Gasteiger partial charge is 0.326 e. The predicted octanol–water partition coefficient (Wildman–Crippen LogP) is -5.65. The Labute approximate surface area is 302 Å². The molecule has 6 atom stereocenters. The minimum atomic E-state index is -1.87. The van der Waals surface area contributed by atoms with Gasteiger partial charge >= 0.3 is 11.9 Å². The van der Waals surface area contributed by atoms with Crippen LogP contribution in [-0.2, 0) is 47.9 Å². The molecule has 0 aromatic carbocycles. The van der Waals surface area contributed by atoms with Crippen LogP contribution in [0.5, 0.6) is 0 Å². The zero-order chi connectivity index (χ0) is 40.1. The van der Waals surface area contributed by atoms with Gasteiger partial charge in [-0.15, -0.1) is 0 Å². The van der Waals surface area contributed by atoms with Crippen LogP contribution in [0.4, 0.5) is 0 Å². The molecule has 0 bridgehead atoms. The molecule has 0 aromatic rings. The molecule has 0 aromatic heterocycles. The van der Waals surface area contributed by atoms with E-state index in [1.165, 1.54) is 11.8 Å². The number of nitrogens with two attached hydrogens (primary N) is 3. The molecule has 52 heavy (non-hydrogen) atoms. The number of hydrogen-bond acceptors (Lipinski definition) is 13. The quantitative estimate of drug-likeness (QED) is 0.0391. The van der Waals surface area contributed by atoms with Gasteiger partial charge in [0.05, 0.1) is 32.0 Å². The third kappa shape index (κ3) is 19.4. The van der Waals surface area contributed by atoms with Crippen molar-refractivity contribution in [2.45, 2.75) is 88.6 Å². The summed E-state index contributed by atoms with van der Waals surface area (Å²) in [5.74, 6) is -10.7. The first-order valence-electron chi connectivity index (χ1n) is 15.9. The molecular formula is C29H49N9O13S. The van der Waals surface area contributed by atoms with Crippen LogP contribution in [0.25, 0.3) is 0 Å². The number of thioether (sulfide) groups is 1. The third-order valence-corrected chi connectivity index (χ3v) is 7.55. The second-order valence-corrected chi connectivity index (χ2v) is 12.9. The summed E-state index contributed by atoms with van der Waals surface area (Å²) >= 11 is 1.29. The number of carboxylic acids is 2. The van der Waals surface area contributed by atoms with Crippen molar-refractivity contribution in [2.24, 2.45) is 23.1 Å². The zero-order valence-corrected chi connectivity index (χ0v) is 29.8. The van der Waals surface area contributed by atoms with E-state index in [-0.39, 0.29) is 18.8 Å². The van der Waals surface area contributed by atoms with Crippen molar-refractivity contribution in [3.05, 3.63) is 0 Å². The minimum absolute atomic E-state index is 0.00958. The van der Waals surface area contributed by atoms with Crippen molar-refractivity contribution >= 4 is 71.0 Å². The van der Waals surface area contributed by atoms with Crippen LogP contribution in [0.1, 0.15) is 52.4 Å². The monoisotopic (exact) mass is 763 g/mol. The third-order valence-electron chi connectivity index (χ3n) is 6.91. The van der Waals surface area contributed by atoms with E-state index in [0.29, 0.717) is 5.75 Å². The normalized spacial score (nSPS) is 14.3. The largest absolute Gasteiger partial charge is 0.481 e. The summed E-state index contributed by atoms with van der Waals surface area (Å²) in [6.45, 7) is 1.85. The molecule has 23 heteroatoms. The Balaban J connectivity index is 5.68. The number of carbonyl (C=O) groups excluding carboxylic acids is 8. The highest BCUT2D eigenvalue weighted by Crippen LogP contribution is 2.06. The maximum Gasteiger partial charge on any atom is 0.326 e. The molecule has 15 N–H and O–H groups in total. The summed E-state index contributed by atoms with van der Waals surface area (Å²) in [5.41, 5.74) is 16.2. The SMILES string of the molecule is CSCC[C@H](NC(=O)[C@H](CO)NC(=O)[C@H](CC(N)=O)NC(=O)[C@@H](N)CC(C)C)C(=O)NCC(=O)N[C@@H](CCC(N)=O)C(=O)N[C@@H](CC(=O)O)C(=O)O. The van der Waals surface area contributed by atoms with E-state index in [1.807, 2.05) is 19.2 Å². The fourth-order valence-corrected chi connectivity index (χ4v) is 4.76. The molecule has 0 aliphatic carbocycles. The number of hydrogen-bond donors (Lipinski definition) is 12. The van der Waals surface area contributed by atoms with Crippen LogP contribution in [-0.4, -0.2) is 136 Å². The lowest BCUT2D eigenvalue weighted by molar-refractivity contribution is -0.147. The average Bonchev–Trinajstić information content (AvgIpc) is 3.04. The number of primary amides is 2. The number of carboxylic acid groups (broad SMARTS) is 2. The van der Waals surface area contributed by atoms with Crippen LogP contribution >= 0.6 is 11.8 Å². The molecule has 0 rings (SSSR count). The van der Waals surface area contributed by atoms with Crippen molar-refractivity contribution in [1.29, 1.82) is 0 Å². The van der Waals surface area contributed by atoms with Gasteiger partial charge in [0.2, 0.25) is 47.3 Å². The molecule has 0 aliphatic rings. The lowest BCUT2D eigenvalue weighted by Crippen LogP contribution is -2.59. The van der Waals surface area contributed by atoms with E-state index in [4.69, 9.17) is 22.3 Å². The van der Waals surface area contributed by atoms with Gasteiger partial charge in [0, 0.05) is 6.42 Å². The zero-order valence-electron chi connectivity index (χ0n) is 29.0. The highest BCUT2D eigenvalue weighted by Gasteiger charge is 2.32. The molecule has 0 radical (unpaired) electrons. The molecule has 22 nitrogen and oxygen atoms in total. The summed E-state index contributed by atoms with van der Waals surface area (Å²) < 4.78 is 0. The molecule has 0 unspecified atom stereocenters. The first-order chi connectivity index (χ1) is 24.2.